The Hall–Kier alpha value is -3.91. The lowest BCUT2D eigenvalue weighted by atomic mass is 10.1. The van der Waals surface area contributed by atoms with E-state index in [0.29, 0.717) is 23.4 Å². The molecule has 0 radical (unpaired) electrons. The van der Waals surface area contributed by atoms with Crippen molar-refractivity contribution < 1.29 is 19.3 Å². The summed E-state index contributed by atoms with van der Waals surface area (Å²) in [7, 11) is 0. The molecule has 0 aliphatic heterocycles. The third-order valence-electron chi connectivity index (χ3n) is 5.36. The van der Waals surface area contributed by atoms with Gasteiger partial charge in [-0.15, -0.1) is 0 Å². The van der Waals surface area contributed by atoms with Crippen LogP contribution in [-0.2, 0) is 6.61 Å². The van der Waals surface area contributed by atoms with E-state index in [1.165, 1.54) is 0 Å². The van der Waals surface area contributed by atoms with E-state index < -0.39 is 5.97 Å². The summed E-state index contributed by atoms with van der Waals surface area (Å²) >= 11 is 3.56. The number of nitrogens with zero attached hydrogens (tertiary/aromatic N) is 3. The number of carbonyl (C=O) groups is 1. The van der Waals surface area contributed by atoms with Gasteiger partial charge in [0.1, 0.15) is 23.4 Å². The molecule has 0 fully saturated rings. The third-order valence-corrected chi connectivity index (χ3v) is 5.85. The van der Waals surface area contributed by atoms with Crippen LogP contribution in [0.3, 0.4) is 0 Å². The predicted octanol–water partition coefficient (Wildman–Crippen LogP) is 6.03. The Labute approximate surface area is 197 Å². The normalized spacial score (nSPS) is 11.1. The van der Waals surface area contributed by atoms with Gasteiger partial charge in [-0.3, -0.25) is 0 Å². The molecule has 0 spiro atoms. The average molecular weight is 504 g/mol. The highest BCUT2D eigenvalue weighted by molar-refractivity contribution is 9.10. The van der Waals surface area contributed by atoms with Crippen molar-refractivity contribution in [3.8, 4) is 22.7 Å². The molecule has 2 heterocycles. The van der Waals surface area contributed by atoms with Crippen molar-refractivity contribution in [1.29, 1.82) is 0 Å². The SMILES string of the molecule is Cc1ccc(-c2cc(Br)ccc2OCc2ccc3nonc3c2)n1-c1cccc(C(=O)O)c1. The minimum Gasteiger partial charge on any atom is -0.488 e. The van der Waals surface area contributed by atoms with Crippen LogP contribution in [0, 0.1) is 6.92 Å². The zero-order chi connectivity index (χ0) is 22.9. The molecule has 3 aromatic carbocycles. The Balaban J connectivity index is 1.53. The highest BCUT2D eigenvalue weighted by Crippen LogP contribution is 2.36. The summed E-state index contributed by atoms with van der Waals surface area (Å²) in [4.78, 5) is 11.5. The summed E-state index contributed by atoms with van der Waals surface area (Å²) in [5.41, 5.74) is 6.05. The second-order valence-corrected chi connectivity index (χ2v) is 8.48. The lowest BCUT2D eigenvalue weighted by Crippen LogP contribution is -2.04. The van der Waals surface area contributed by atoms with Crippen molar-refractivity contribution in [3.05, 3.63) is 94.1 Å². The van der Waals surface area contributed by atoms with Gasteiger partial charge >= 0.3 is 5.97 Å². The maximum absolute atomic E-state index is 11.5. The number of benzene rings is 3. The van der Waals surface area contributed by atoms with E-state index in [0.717, 1.165) is 32.7 Å². The predicted molar refractivity (Wildman–Crippen MR) is 127 cm³/mol. The van der Waals surface area contributed by atoms with Crippen LogP contribution >= 0.6 is 15.9 Å². The Morgan fingerprint density at radius 3 is 2.73 bits per heavy atom. The summed E-state index contributed by atoms with van der Waals surface area (Å²) in [6, 6.07) is 22.4. The van der Waals surface area contributed by atoms with Gasteiger partial charge in [0.15, 0.2) is 0 Å². The van der Waals surface area contributed by atoms with E-state index in [1.807, 2.05) is 66.1 Å². The monoisotopic (exact) mass is 503 g/mol. The number of carboxylic acids is 1. The molecule has 5 rings (SSSR count). The number of hydrogen-bond acceptors (Lipinski definition) is 5. The zero-order valence-corrected chi connectivity index (χ0v) is 19.1. The summed E-state index contributed by atoms with van der Waals surface area (Å²) < 4.78 is 13.9. The van der Waals surface area contributed by atoms with Gasteiger partial charge in [-0.25, -0.2) is 9.42 Å². The number of aryl methyl sites for hydroxylation is 1. The van der Waals surface area contributed by atoms with E-state index in [2.05, 4.69) is 26.2 Å². The highest BCUT2D eigenvalue weighted by atomic mass is 79.9. The molecule has 0 aliphatic carbocycles. The van der Waals surface area contributed by atoms with E-state index in [9.17, 15) is 9.90 Å². The van der Waals surface area contributed by atoms with Crippen LogP contribution in [0.2, 0.25) is 0 Å². The lowest BCUT2D eigenvalue weighted by Gasteiger charge is -2.16. The number of aromatic carboxylic acids is 1. The molecule has 7 nitrogen and oxygen atoms in total. The van der Waals surface area contributed by atoms with Crippen LogP contribution in [0.25, 0.3) is 28.0 Å². The molecule has 0 atom stereocenters. The molecule has 2 aromatic heterocycles. The van der Waals surface area contributed by atoms with Crippen LogP contribution < -0.4 is 4.74 Å². The molecule has 164 valence electrons. The van der Waals surface area contributed by atoms with E-state index >= 15 is 0 Å². The molecule has 0 saturated carbocycles. The smallest absolute Gasteiger partial charge is 0.335 e. The van der Waals surface area contributed by atoms with Crippen molar-refractivity contribution in [1.82, 2.24) is 14.9 Å². The van der Waals surface area contributed by atoms with Gasteiger partial charge in [-0.1, -0.05) is 28.1 Å². The first-order valence-corrected chi connectivity index (χ1v) is 10.9. The van der Waals surface area contributed by atoms with Gasteiger partial charge in [-0.2, -0.15) is 0 Å². The van der Waals surface area contributed by atoms with E-state index in [-0.39, 0.29) is 5.56 Å². The van der Waals surface area contributed by atoms with E-state index in [1.54, 1.807) is 18.2 Å². The van der Waals surface area contributed by atoms with Gasteiger partial charge in [0, 0.05) is 21.4 Å². The standard InChI is InChI=1S/C25H18BrN3O4/c1-15-5-9-23(29(15)19-4-2-3-17(12-19)25(30)31)20-13-18(26)7-10-24(20)32-14-16-6-8-21-22(11-16)28-33-27-21/h2-13H,14H2,1H3,(H,30,31). The first-order valence-electron chi connectivity index (χ1n) is 10.2. The molecule has 33 heavy (non-hydrogen) atoms. The minimum atomic E-state index is -0.964. The first kappa shape index (κ1) is 21.0. The average Bonchev–Trinajstić information content (AvgIpc) is 3.44. The maximum atomic E-state index is 11.5. The third kappa shape index (κ3) is 4.12. The molecular formula is C25H18BrN3O4. The topological polar surface area (TPSA) is 90.4 Å². The summed E-state index contributed by atoms with van der Waals surface area (Å²) in [5, 5.41) is 17.1. The largest absolute Gasteiger partial charge is 0.488 e. The van der Waals surface area contributed by atoms with Crippen LogP contribution in [-0.4, -0.2) is 26.0 Å². The number of halogens is 1. The Morgan fingerprint density at radius 2 is 1.88 bits per heavy atom. The van der Waals surface area contributed by atoms with Crippen LogP contribution in [0.4, 0.5) is 0 Å². The molecule has 8 heteroatoms. The molecule has 0 amide bonds. The highest BCUT2D eigenvalue weighted by Gasteiger charge is 2.16. The van der Waals surface area contributed by atoms with Crippen molar-refractivity contribution in [2.45, 2.75) is 13.5 Å². The molecule has 0 unspecified atom stereocenters. The number of rotatable bonds is 6. The molecule has 5 aromatic rings. The number of fused-ring (bicyclic) bond motifs is 1. The van der Waals surface area contributed by atoms with Gasteiger partial charge < -0.3 is 14.4 Å². The van der Waals surface area contributed by atoms with Gasteiger partial charge in [0.25, 0.3) is 0 Å². The van der Waals surface area contributed by atoms with Crippen LogP contribution in [0.15, 0.2) is 81.9 Å². The Kier molecular flexibility index (Phi) is 5.43. The maximum Gasteiger partial charge on any atom is 0.335 e. The summed E-state index contributed by atoms with van der Waals surface area (Å²) in [5.74, 6) is -0.265. The van der Waals surface area contributed by atoms with E-state index in [4.69, 9.17) is 9.37 Å². The number of carboxylic acid groups (broad SMARTS) is 1. The summed E-state index contributed by atoms with van der Waals surface area (Å²) in [6.45, 7) is 2.32. The fourth-order valence-corrected chi connectivity index (χ4v) is 4.14. The van der Waals surface area contributed by atoms with Crippen molar-refractivity contribution in [3.63, 3.8) is 0 Å². The van der Waals surface area contributed by atoms with Crippen molar-refractivity contribution in [2.24, 2.45) is 0 Å². The zero-order valence-electron chi connectivity index (χ0n) is 17.5. The lowest BCUT2D eigenvalue weighted by molar-refractivity contribution is 0.0697. The van der Waals surface area contributed by atoms with Gasteiger partial charge in [-0.05, 0) is 83.5 Å². The number of aromatic nitrogens is 3. The molecule has 0 bridgehead atoms. The molecule has 0 aliphatic rings. The van der Waals surface area contributed by atoms with Crippen LogP contribution in [0.5, 0.6) is 5.75 Å². The fraction of sp³-hybridized carbons (Fsp3) is 0.0800. The Morgan fingerprint density at radius 1 is 1.03 bits per heavy atom. The quantitative estimate of drug-likeness (QED) is 0.304. The summed E-state index contributed by atoms with van der Waals surface area (Å²) in [6.07, 6.45) is 0. The van der Waals surface area contributed by atoms with Crippen molar-refractivity contribution >= 4 is 32.9 Å². The second-order valence-electron chi connectivity index (χ2n) is 7.57. The van der Waals surface area contributed by atoms with Gasteiger partial charge in [0.05, 0.1) is 11.3 Å². The number of hydrogen-bond donors (Lipinski definition) is 1. The Bertz CT molecular complexity index is 1490. The second kappa shape index (κ2) is 8.55. The fourth-order valence-electron chi connectivity index (χ4n) is 3.78. The first-order chi connectivity index (χ1) is 16.0. The van der Waals surface area contributed by atoms with Crippen LogP contribution in [0.1, 0.15) is 21.6 Å². The minimum absolute atomic E-state index is 0.231. The molecule has 1 N–H and O–H groups in total. The van der Waals surface area contributed by atoms with Gasteiger partial charge in [0.2, 0.25) is 0 Å². The molecule has 0 saturated heterocycles. The number of ether oxygens (including phenoxy) is 1. The molecular weight excluding hydrogens is 486 g/mol. The van der Waals surface area contributed by atoms with Crippen molar-refractivity contribution in [2.75, 3.05) is 0 Å².